The first-order chi connectivity index (χ1) is 7.59. The summed E-state index contributed by atoms with van der Waals surface area (Å²) in [7, 11) is 0. The van der Waals surface area contributed by atoms with E-state index in [9.17, 15) is 4.79 Å². The van der Waals surface area contributed by atoms with E-state index in [-0.39, 0.29) is 18.3 Å². The molecular weight excluding hydrogens is 236 g/mol. The van der Waals surface area contributed by atoms with Crippen molar-refractivity contribution < 1.29 is 4.79 Å². The van der Waals surface area contributed by atoms with Crippen molar-refractivity contribution in [2.45, 2.75) is 26.3 Å². The molecule has 0 aromatic heterocycles. The summed E-state index contributed by atoms with van der Waals surface area (Å²) in [6, 6.07) is 7.65. The molecule has 1 aliphatic heterocycles. The topological polar surface area (TPSA) is 46.3 Å². The maximum atomic E-state index is 12.0. The second kappa shape index (κ2) is 5.52. The van der Waals surface area contributed by atoms with E-state index in [0.29, 0.717) is 5.92 Å². The maximum Gasteiger partial charge on any atom is 0.243 e. The smallest absolute Gasteiger partial charge is 0.243 e. The van der Waals surface area contributed by atoms with Crippen LogP contribution in [0.1, 0.15) is 19.4 Å². The number of hydrogen-bond acceptors (Lipinski definition) is 2. The number of halogens is 1. The Bertz CT molecular complexity index is 406. The molecule has 2 rings (SSSR count). The van der Waals surface area contributed by atoms with Crippen LogP contribution in [0.15, 0.2) is 24.3 Å². The van der Waals surface area contributed by atoms with Gasteiger partial charge in [-0.1, -0.05) is 25.1 Å². The van der Waals surface area contributed by atoms with Gasteiger partial charge in [0.1, 0.15) is 0 Å². The Labute approximate surface area is 108 Å². The van der Waals surface area contributed by atoms with Gasteiger partial charge < -0.3 is 10.6 Å². The Morgan fingerprint density at radius 3 is 2.76 bits per heavy atom. The van der Waals surface area contributed by atoms with Gasteiger partial charge in [-0.15, -0.1) is 12.4 Å². The van der Waals surface area contributed by atoms with Gasteiger partial charge in [0.15, 0.2) is 0 Å². The molecule has 1 aliphatic rings. The number of hydrogen-bond donors (Lipinski definition) is 1. The lowest BCUT2D eigenvalue weighted by molar-refractivity contribution is -0.119. The highest BCUT2D eigenvalue weighted by Crippen LogP contribution is 2.29. The van der Waals surface area contributed by atoms with E-state index in [1.807, 2.05) is 23.1 Å². The van der Waals surface area contributed by atoms with Crippen molar-refractivity contribution in [2.24, 2.45) is 11.7 Å². The second-order valence-electron chi connectivity index (χ2n) is 4.68. The monoisotopic (exact) mass is 254 g/mol. The lowest BCUT2D eigenvalue weighted by Gasteiger charge is -2.34. The van der Waals surface area contributed by atoms with E-state index in [1.54, 1.807) is 6.92 Å². The van der Waals surface area contributed by atoms with Crippen LogP contribution in [0.5, 0.6) is 0 Å². The first-order valence-electron chi connectivity index (χ1n) is 5.74. The Hall–Kier alpha value is -1.06. The number of nitrogens with two attached hydrogens (primary N) is 1. The number of carbonyl (C=O) groups excluding carboxylic acids is 1. The van der Waals surface area contributed by atoms with Crippen LogP contribution in [-0.2, 0) is 11.2 Å². The van der Waals surface area contributed by atoms with Gasteiger partial charge in [0.05, 0.1) is 6.04 Å². The van der Waals surface area contributed by atoms with Crippen molar-refractivity contribution in [3.8, 4) is 0 Å². The van der Waals surface area contributed by atoms with Gasteiger partial charge in [-0.3, -0.25) is 4.79 Å². The average Bonchev–Trinajstić information content (AvgIpc) is 2.26. The van der Waals surface area contributed by atoms with Gasteiger partial charge in [0.2, 0.25) is 5.91 Å². The van der Waals surface area contributed by atoms with Gasteiger partial charge in [0, 0.05) is 12.2 Å². The second-order valence-corrected chi connectivity index (χ2v) is 4.68. The minimum Gasteiger partial charge on any atom is -0.320 e. The predicted molar refractivity (Wildman–Crippen MR) is 72.6 cm³/mol. The lowest BCUT2D eigenvalue weighted by atomic mass is 9.93. The van der Waals surface area contributed by atoms with Crippen LogP contribution in [0.2, 0.25) is 0 Å². The molecule has 2 N–H and O–H groups in total. The van der Waals surface area contributed by atoms with E-state index in [1.165, 1.54) is 5.56 Å². The summed E-state index contributed by atoms with van der Waals surface area (Å²) in [6.45, 7) is 4.68. The molecule has 2 atom stereocenters. The van der Waals surface area contributed by atoms with Crippen LogP contribution in [0.4, 0.5) is 5.69 Å². The number of fused-ring (bicyclic) bond motifs is 1. The van der Waals surface area contributed by atoms with Gasteiger partial charge in [-0.05, 0) is 30.9 Å². The van der Waals surface area contributed by atoms with Gasteiger partial charge >= 0.3 is 0 Å². The van der Waals surface area contributed by atoms with Crippen LogP contribution < -0.4 is 10.6 Å². The summed E-state index contributed by atoms with van der Waals surface area (Å²) < 4.78 is 0. The standard InChI is InChI=1S/C13H18N2O.ClH/c1-9-7-11-5-3-4-6-12(11)15(8-9)13(16)10(2)14;/h3-6,9-10H,7-8,14H2,1-2H3;1H. The Morgan fingerprint density at radius 2 is 2.12 bits per heavy atom. The quantitative estimate of drug-likeness (QED) is 0.833. The fourth-order valence-electron chi connectivity index (χ4n) is 2.25. The van der Waals surface area contributed by atoms with Crippen molar-refractivity contribution >= 4 is 24.0 Å². The largest absolute Gasteiger partial charge is 0.320 e. The van der Waals surface area contributed by atoms with E-state index in [4.69, 9.17) is 5.73 Å². The minimum absolute atomic E-state index is 0. The number of benzene rings is 1. The SMILES string of the molecule is CC1Cc2ccccc2N(C(=O)C(C)N)C1.Cl. The zero-order valence-electron chi connectivity index (χ0n) is 10.2. The summed E-state index contributed by atoms with van der Waals surface area (Å²) in [5.74, 6) is 0.511. The molecular formula is C13H19ClN2O. The molecule has 0 saturated carbocycles. The molecule has 0 bridgehead atoms. The number of amides is 1. The molecule has 3 nitrogen and oxygen atoms in total. The molecule has 17 heavy (non-hydrogen) atoms. The van der Waals surface area contributed by atoms with Gasteiger partial charge in [-0.2, -0.15) is 0 Å². The van der Waals surface area contributed by atoms with Crippen molar-refractivity contribution in [2.75, 3.05) is 11.4 Å². The normalized spacial score (nSPS) is 20.2. The van der Waals surface area contributed by atoms with Crippen LogP contribution in [0.25, 0.3) is 0 Å². The van der Waals surface area contributed by atoms with Crippen molar-refractivity contribution in [1.29, 1.82) is 0 Å². The lowest BCUT2D eigenvalue weighted by Crippen LogP contribution is -2.46. The molecule has 1 heterocycles. The molecule has 0 saturated heterocycles. The number of anilines is 1. The minimum atomic E-state index is -0.432. The van der Waals surface area contributed by atoms with Crippen molar-refractivity contribution in [3.05, 3.63) is 29.8 Å². The number of carbonyl (C=O) groups is 1. The van der Waals surface area contributed by atoms with Crippen LogP contribution in [0.3, 0.4) is 0 Å². The highest BCUT2D eigenvalue weighted by molar-refractivity contribution is 5.97. The molecule has 1 aromatic rings. The Balaban J connectivity index is 0.00000144. The zero-order chi connectivity index (χ0) is 11.7. The third-order valence-electron chi connectivity index (χ3n) is 3.00. The summed E-state index contributed by atoms with van der Waals surface area (Å²) in [4.78, 5) is 13.8. The first kappa shape index (κ1) is 14.0. The summed E-state index contributed by atoms with van der Waals surface area (Å²) >= 11 is 0. The molecule has 1 amide bonds. The van der Waals surface area contributed by atoms with Crippen LogP contribution >= 0.6 is 12.4 Å². The predicted octanol–water partition coefficient (Wildman–Crippen LogP) is 1.98. The highest BCUT2D eigenvalue weighted by Gasteiger charge is 2.27. The van der Waals surface area contributed by atoms with Gasteiger partial charge in [-0.25, -0.2) is 0 Å². The number of para-hydroxylation sites is 1. The Morgan fingerprint density at radius 1 is 1.47 bits per heavy atom. The summed E-state index contributed by atoms with van der Waals surface area (Å²) in [5.41, 5.74) is 7.95. The molecule has 0 aliphatic carbocycles. The van der Waals surface area contributed by atoms with Crippen molar-refractivity contribution in [3.63, 3.8) is 0 Å². The van der Waals surface area contributed by atoms with Gasteiger partial charge in [0.25, 0.3) is 0 Å². The number of rotatable bonds is 1. The fraction of sp³-hybridized carbons (Fsp3) is 0.462. The fourth-order valence-corrected chi connectivity index (χ4v) is 2.25. The van der Waals surface area contributed by atoms with Crippen LogP contribution in [0, 0.1) is 5.92 Å². The van der Waals surface area contributed by atoms with E-state index < -0.39 is 6.04 Å². The highest BCUT2D eigenvalue weighted by atomic mass is 35.5. The average molecular weight is 255 g/mol. The van der Waals surface area contributed by atoms with Crippen molar-refractivity contribution in [1.82, 2.24) is 0 Å². The third kappa shape index (κ3) is 2.79. The molecule has 1 aromatic carbocycles. The zero-order valence-corrected chi connectivity index (χ0v) is 11.0. The molecule has 4 heteroatoms. The van der Waals surface area contributed by atoms with Crippen LogP contribution in [-0.4, -0.2) is 18.5 Å². The molecule has 2 unspecified atom stereocenters. The number of nitrogens with zero attached hydrogens (tertiary/aromatic N) is 1. The third-order valence-corrected chi connectivity index (χ3v) is 3.00. The van der Waals surface area contributed by atoms with E-state index >= 15 is 0 Å². The molecule has 94 valence electrons. The molecule has 0 spiro atoms. The molecule has 0 fully saturated rings. The van der Waals surface area contributed by atoms with E-state index in [2.05, 4.69) is 13.0 Å². The summed E-state index contributed by atoms with van der Waals surface area (Å²) in [6.07, 6.45) is 1.04. The Kier molecular flexibility index (Phi) is 4.54. The maximum absolute atomic E-state index is 12.0. The first-order valence-corrected chi connectivity index (χ1v) is 5.74. The summed E-state index contributed by atoms with van der Waals surface area (Å²) in [5, 5.41) is 0. The van der Waals surface area contributed by atoms with E-state index in [0.717, 1.165) is 18.7 Å². The molecule has 0 radical (unpaired) electrons.